The van der Waals surface area contributed by atoms with E-state index in [1.165, 1.54) is 0 Å². The molecule has 0 atom stereocenters. The summed E-state index contributed by atoms with van der Waals surface area (Å²) in [5.41, 5.74) is 4.85. The van der Waals surface area contributed by atoms with Gasteiger partial charge in [0.2, 0.25) is 5.91 Å². The van der Waals surface area contributed by atoms with Crippen molar-refractivity contribution in [2.75, 3.05) is 20.1 Å². The molecule has 10 heavy (non-hydrogen) atoms. The van der Waals surface area contributed by atoms with E-state index in [1.807, 2.05) is 14.0 Å². The minimum atomic E-state index is 0.292. The second kappa shape index (κ2) is 5.23. The molecule has 0 saturated carbocycles. The van der Waals surface area contributed by atoms with E-state index in [9.17, 15) is 4.79 Å². The SMILES string of the molecule is CCN.CN1CCCC1=O. The van der Waals surface area contributed by atoms with Crippen LogP contribution in [0.1, 0.15) is 19.8 Å². The van der Waals surface area contributed by atoms with Crippen LogP contribution in [0.5, 0.6) is 0 Å². The maximum atomic E-state index is 10.5. The third-order valence-corrected chi connectivity index (χ3v) is 1.31. The Balaban J connectivity index is 0.000000236. The number of nitrogens with zero attached hydrogens (tertiary/aromatic N) is 1. The highest BCUT2D eigenvalue weighted by atomic mass is 16.2. The van der Waals surface area contributed by atoms with Gasteiger partial charge in [0.25, 0.3) is 0 Å². The molecule has 2 N–H and O–H groups in total. The van der Waals surface area contributed by atoms with Crippen molar-refractivity contribution < 1.29 is 4.79 Å². The molecule has 1 aliphatic heterocycles. The number of likely N-dealkylation sites (tertiary alicyclic amines) is 1. The van der Waals surface area contributed by atoms with Gasteiger partial charge in [-0.2, -0.15) is 0 Å². The van der Waals surface area contributed by atoms with Gasteiger partial charge in [-0.15, -0.1) is 0 Å². The van der Waals surface area contributed by atoms with E-state index in [0.29, 0.717) is 5.91 Å². The van der Waals surface area contributed by atoms with E-state index in [0.717, 1.165) is 25.9 Å². The largest absolute Gasteiger partial charge is 0.346 e. The van der Waals surface area contributed by atoms with E-state index in [-0.39, 0.29) is 0 Å². The van der Waals surface area contributed by atoms with Crippen LogP contribution in [0, 0.1) is 0 Å². The van der Waals surface area contributed by atoms with Crippen LogP contribution in [0.25, 0.3) is 0 Å². The number of rotatable bonds is 0. The summed E-state index contributed by atoms with van der Waals surface area (Å²) in [6.07, 6.45) is 1.81. The summed E-state index contributed by atoms with van der Waals surface area (Å²) in [4.78, 5) is 12.3. The van der Waals surface area contributed by atoms with E-state index >= 15 is 0 Å². The maximum Gasteiger partial charge on any atom is 0.222 e. The average molecular weight is 144 g/mol. The second-order valence-electron chi connectivity index (χ2n) is 2.33. The molecule has 1 aliphatic rings. The highest BCUT2D eigenvalue weighted by Crippen LogP contribution is 2.04. The quantitative estimate of drug-likeness (QED) is 0.528. The van der Waals surface area contributed by atoms with Crippen LogP contribution in [0.15, 0.2) is 0 Å². The average Bonchev–Trinajstić information content (AvgIpc) is 2.19. The summed E-state index contributed by atoms with van der Waals surface area (Å²) in [7, 11) is 1.84. The third kappa shape index (κ3) is 3.45. The van der Waals surface area contributed by atoms with E-state index in [4.69, 9.17) is 5.73 Å². The van der Waals surface area contributed by atoms with Gasteiger partial charge in [0.15, 0.2) is 0 Å². The maximum absolute atomic E-state index is 10.5. The Morgan fingerprint density at radius 3 is 2.30 bits per heavy atom. The van der Waals surface area contributed by atoms with E-state index < -0.39 is 0 Å². The molecule has 1 rings (SSSR count). The van der Waals surface area contributed by atoms with Gasteiger partial charge >= 0.3 is 0 Å². The molecule has 0 unspecified atom stereocenters. The minimum absolute atomic E-state index is 0.292. The smallest absolute Gasteiger partial charge is 0.222 e. The fourth-order valence-electron chi connectivity index (χ4n) is 0.783. The molecule has 1 fully saturated rings. The van der Waals surface area contributed by atoms with Crippen molar-refractivity contribution >= 4 is 5.91 Å². The molecule has 1 amide bonds. The molecule has 0 aromatic rings. The monoisotopic (exact) mass is 144 g/mol. The highest BCUT2D eigenvalue weighted by molar-refractivity contribution is 5.77. The van der Waals surface area contributed by atoms with Crippen molar-refractivity contribution in [3.8, 4) is 0 Å². The Hall–Kier alpha value is -0.570. The van der Waals surface area contributed by atoms with Crippen LogP contribution in [0.2, 0.25) is 0 Å². The number of hydrogen-bond acceptors (Lipinski definition) is 2. The van der Waals surface area contributed by atoms with Crippen LogP contribution in [-0.4, -0.2) is 30.9 Å². The normalized spacial score (nSPS) is 16.7. The van der Waals surface area contributed by atoms with Crippen LogP contribution in [-0.2, 0) is 4.79 Å². The van der Waals surface area contributed by atoms with Gasteiger partial charge < -0.3 is 10.6 Å². The highest BCUT2D eigenvalue weighted by Gasteiger charge is 2.14. The van der Waals surface area contributed by atoms with Gasteiger partial charge in [-0.25, -0.2) is 0 Å². The molecule has 1 saturated heterocycles. The first-order valence-electron chi connectivity index (χ1n) is 3.66. The molecule has 60 valence electrons. The lowest BCUT2D eigenvalue weighted by atomic mass is 10.4. The van der Waals surface area contributed by atoms with Crippen molar-refractivity contribution in [1.29, 1.82) is 0 Å². The van der Waals surface area contributed by atoms with Crippen LogP contribution in [0.3, 0.4) is 0 Å². The molecule has 3 nitrogen and oxygen atoms in total. The predicted octanol–water partition coefficient (Wildman–Crippen LogP) is 0.204. The molecular weight excluding hydrogens is 128 g/mol. The van der Waals surface area contributed by atoms with E-state index in [1.54, 1.807) is 4.90 Å². The summed E-state index contributed by atoms with van der Waals surface area (Å²) < 4.78 is 0. The fourth-order valence-corrected chi connectivity index (χ4v) is 0.783. The zero-order chi connectivity index (χ0) is 7.98. The van der Waals surface area contributed by atoms with Crippen molar-refractivity contribution in [3.05, 3.63) is 0 Å². The van der Waals surface area contributed by atoms with Crippen molar-refractivity contribution in [2.24, 2.45) is 5.73 Å². The number of hydrogen-bond donors (Lipinski definition) is 1. The molecule has 0 radical (unpaired) electrons. The first kappa shape index (κ1) is 9.43. The van der Waals surface area contributed by atoms with Crippen molar-refractivity contribution in [1.82, 2.24) is 4.90 Å². The zero-order valence-corrected chi connectivity index (χ0v) is 6.76. The lowest BCUT2D eigenvalue weighted by Crippen LogP contribution is -2.17. The summed E-state index contributed by atoms with van der Waals surface area (Å²) in [5, 5.41) is 0. The Kier molecular flexibility index (Phi) is 4.94. The third-order valence-electron chi connectivity index (χ3n) is 1.31. The Labute approximate surface area is 62.2 Å². The van der Waals surface area contributed by atoms with Crippen molar-refractivity contribution in [2.45, 2.75) is 19.8 Å². The standard InChI is InChI=1S/C5H9NO.C2H7N/c1-6-4-2-3-5(6)7;1-2-3/h2-4H2,1H3;2-3H2,1H3. The Bertz CT molecular complexity index is 104. The molecule has 0 aliphatic carbocycles. The van der Waals surface area contributed by atoms with Gasteiger partial charge in [-0.05, 0) is 13.0 Å². The molecule has 3 heteroatoms. The van der Waals surface area contributed by atoms with Crippen LogP contribution < -0.4 is 5.73 Å². The summed E-state index contributed by atoms with van der Waals surface area (Å²) in [5.74, 6) is 0.292. The molecule has 0 spiro atoms. The molecule has 0 aromatic carbocycles. The Morgan fingerprint density at radius 1 is 1.70 bits per heavy atom. The molecule has 1 heterocycles. The Morgan fingerprint density at radius 2 is 2.20 bits per heavy atom. The molecular formula is C7H16N2O. The van der Waals surface area contributed by atoms with Gasteiger partial charge in [0.1, 0.15) is 0 Å². The molecule has 0 bridgehead atoms. The lowest BCUT2D eigenvalue weighted by molar-refractivity contribution is -0.126. The molecule has 0 aromatic heterocycles. The second-order valence-corrected chi connectivity index (χ2v) is 2.33. The van der Waals surface area contributed by atoms with Crippen LogP contribution >= 0.6 is 0 Å². The number of carbonyl (C=O) groups excluding carboxylic acids is 1. The fraction of sp³-hybridized carbons (Fsp3) is 0.857. The summed E-state index contributed by atoms with van der Waals surface area (Å²) in [6.45, 7) is 3.61. The number of amides is 1. The van der Waals surface area contributed by atoms with Gasteiger partial charge in [0, 0.05) is 20.0 Å². The van der Waals surface area contributed by atoms with E-state index in [2.05, 4.69) is 0 Å². The van der Waals surface area contributed by atoms with Crippen molar-refractivity contribution in [3.63, 3.8) is 0 Å². The first-order valence-corrected chi connectivity index (χ1v) is 3.66. The number of nitrogens with two attached hydrogens (primary N) is 1. The van der Waals surface area contributed by atoms with Gasteiger partial charge in [-0.1, -0.05) is 6.92 Å². The van der Waals surface area contributed by atoms with Crippen LogP contribution in [0.4, 0.5) is 0 Å². The van der Waals surface area contributed by atoms with Gasteiger partial charge in [0.05, 0.1) is 0 Å². The minimum Gasteiger partial charge on any atom is -0.346 e. The zero-order valence-electron chi connectivity index (χ0n) is 6.76. The predicted molar refractivity (Wildman–Crippen MR) is 41.6 cm³/mol. The lowest BCUT2D eigenvalue weighted by Gasteiger charge is -2.03. The topological polar surface area (TPSA) is 46.3 Å². The van der Waals surface area contributed by atoms with Gasteiger partial charge in [-0.3, -0.25) is 4.79 Å². The summed E-state index contributed by atoms with van der Waals surface area (Å²) >= 11 is 0. The number of carbonyl (C=O) groups is 1. The first-order chi connectivity index (χ1) is 4.72. The summed E-state index contributed by atoms with van der Waals surface area (Å²) in [6, 6.07) is 0.